The van der Waals surface area contributed by atoms with E-state index in [2.05, 4.69) is 128 Å². The standard InChI is InChI=1S/C54H62O3/c1-9-43-29-31-45(33-39(43)5)53(7,11-3)51(37-41-21-19-27-49(35-41)55-47-23-15-13-16-24-47)57-52(54(8,12-4)46-32-30-44(10-2)40(6)34-46)38-42-22-20-28-50(36-42)56-48-25-17-14-18-26-48/h13-36,51-52H,9-12,37-38H2,1-8H3. The van der Waals surface area contributed by atoms with Gasteiger partial charge in [-0.05, 0) is 145 Å². The maximum atomic E-state index is 7.91. The van der Waals surface area contributed by atoms with Crippen LogP contribution < -0.4 is 9.47 Å². The Labute approximate surface area is 343 Å². The average Bonchev–Trinajstić information content (AvgIpc) is 3.23. The van der Waals surface area contributed by atoms with Crippen LogP contribution in [0.4, 0.5) is 0 Å². The van der Waals surface area contributed by atoms with E-state index in [1.54, 1.807) is 0 Å². The molecule has 6 aromatic rings. The number of benzene rings is 6. The Hall–Kier alpha value is -5.12. The minimum atomic E-state index is -0.291. The normalized spacial score (nSPS) is 14.6. The van der Waals surface area contributed by atoms with E-state index in [0.717, 1.165) is 61.5 Å². The lowest BCUT2D eigenvalue weighted by Gasteiger charge is -2.45. The topological polar surface area (TPSA) is 27.7 Å². The van der Waals surface area contributed by atoms with Gasteiger partial charge in [0.15, 0.2) is 0 Å². The molecule has 0 aliphatic carbocycles. The summed E-state index contributed by atoms with van der Waals surface area (Å²) in [5, 5.41) is 0. The Balaban J connectivity index is 1.46. The minimum Gasteiger partial charge on any atom is -0.457 e. The summed E-state index contributed by atoms with van der Waals surface area (Å²) in [4.78, 5) is 0. The molecule has 0 bridgehead atoms. The van der Waals surface area contributed by atoms with Gasteiger partial charge in [0, 0.05) is 10.8 Å². The molecule has 0 radical (unpaired) electrons. The summed E-state index contributed by atoms with van der Waals surface area (Å²) < 4.78 is 20.6. The maximum Gasteiger partial charge on any atom is 0.127 e. The lowest BCUT2D eigenvalue weighted by molar-refractivity contribution is -0.0840. The summed E-state index contributed by atoms with van der Waals surface area (Å²) in [5.74, 6) is 3.31. The molecule has 0 heterocycles. The Bertz CT molecular complexity index is 2030. The molecule has 0 aromatic heterocycles. The zero-order chi connectivity index (χ0) is 40.4. The number of hydrogen-bond donors (Lipinski definition) is 0. The van der Waals surface area contributed by atoms with E-state index >= 15 is 0 Å². The van der Waals surface area contributed by atoms with Gasteiger partial charge in [0.2, 0.25) is 0 Å². The van der Waals surface area contributed by atoms with Crippen molar-refractivity contribution in [1.29, 1.82) is 0 Å². The first kappa shape index (κ1) is 41.5. The molecule has 0 N–H and O–H groups in total. The highest BCUT2D eigenvalue weighted by Crippen LogP contribution is 2.42. The van der Waals surface area contributed by atoms with Crippen LogP contribution in [0, 0.1) is 13.8 Å². The summed E-state index contributed by atoms with van der Waals surface area (Å²) in [7, 11) is 0. The molecule has 3 nitrogen and oxygen atoms in total. The fraction of sp³-hybridized carbons (Fsp3) is 0.333. The monoisotopic (exact) mass is 758 g/mol. The quantitative estimate of drug-likeness (QED) is 0.0874. The molecule has 0 saturated carbocycles. The van der Waals surface area contributed by atoms with Gasteiger partial charge in [-0.25, -0.2) is 0 Å². The first-order valence-electron chi connectivity index (χ1n) is 21.1. The molecule has 0 aliphatic rings. The number of ether oxygens (including phenoxy) is 3. The largest absolute Gasteiger partial charge is 0.457 e. The lowest BCUT2D eigenvalue weighted by atomic mass is 9.70. The van der Waals surface area contributed by atoms with Gasteiger partial charge in [-0.3, -0.25) is 0 Å². The first-order valence-corrected chi connectivity index (χ1v) is 21.1. The molecule has 296 valence electrons. The predicted molar refractivity (Wildman–Crippen MR) is 238 cm³/mol. The minimum absolute atomic E-state index is 0.156. The second-order valence-electron chi connectivity index (χ2n) is 16.2. The van der Waals surface area contributed by atoms with E-state index in [0.29, 0.717) is 0 Å². The van der Waals surface area contributed by atoms with Crippen LogP contribution in [0.1, 0.15) is 98.9 Å². The van der Waals surface area contributed by atoms with Crippen LogP contribution in [-0.4, -0.2) is 12.2 Å². The van der Waals surface area contributed by atoms with Gasteiger partial charge in [-0.1, -0.05) is 139 Å². The Morgan fingerprint density at radius 3 is 1.18 bits per heavy atom. The van der Waals surface area contributed by atoms with E-state index in [4.69, 9.17) is 14.2 Å². The van der Waals surface area contributed by atoms with Crippen LogP contribution >= 0.6 is 0 Å². The van der Waals surface area contributed by atoms with E-state index < -0.39 is 0 Å². The van der Waals surface area contributed by atoms with Crippen molar-refractivity contribution in [2.75, 3.05) is 0 Å². The van der Waals surface area contributed by atoms with Crippen molar-refractivity contribution in [3.8, 4) is 23.0 Å². The maximum absolute atomic E-state index is 7.91. The van der Waals surface area contributed by atoms with Crippen molar-refractivity contribution in [2.24, 2.45) is 0 Å². The summed E-state index contributed by atoms with van der Waals surface area (Å²) in [6, 6.07) is 51.4. The Morgan fingerprint density at radius 2 is 0.825 bits per heavy atom. The Kier molecular flexibility index (Phi) is 13.8. The molecule has 0 fully saturated rings. The van der Waals surface area contributed by atoms with Crippen molar-refractivity contribution < 1.29 is 14.2 Å². The van der Waals surface area contributed by atoms with E-state index in [1.165, 1.54) is 44.5 Å². The molecule has 0 spiro atoms. The molecule has 4 atom stereocenters. The van der Waals surface area contributed by atoms with E-state index in [-0.39, 0.29) is 23.0 Å². The number of aryl methyl sites for hydroxylation is 4. The van der Waals surface area contributed by atoms with E-state index in [1.807, 2.05) is 72.8 Å². The van der Waals surface area contributed by atoms with Crippen molar-refractivity contribution in [1.82, 2.24) is 0 Å². The smallest absolute Gasteiger partial charge is 0.127 e. The first-order chi connectivity index (χ1) is 27.6. The third-order valence-corrected chi connectivity index (χ3v) is 12.6. The molecule has 0 amide bonds. The third-order valence-electron chi connectivity index (χ3n) is 12.6. The second kappa shape index (κ2) is 18.9. The van der Waals surface area contributed by atoms with Crippen LogP contribution in [0.5, 0.6) is 23.0 Å². The summed E-state index contributed by atoms with van der Waals surface area (Å²) >= 11 is 0. The molecular weight excluding hydrogens is 697 g/mol. The number of hydrogen-bond acceptors (Lipinski definition) is 3. The second-order valence-corrected chi connectivity index (χ2v) is 16.2. The van der Waals surface area contributed by atoms with Crippen molar-refractivity contribution in [3.63, 3.8) is 0 Å². The van der Waals surface area contributed by atoms with Gasteiger partial charge in [-0.2, -0.15) is 0 Å². The van der Waals surface area contributed by atoms with Gasteiger partial charge >= 0.3 is 0 Å². The van der Waals surface area contributed by atoms with Gasteiger partial charge in [-0.15, -0.1) is 0 Å². The molecular formula is C54H62O3. The van der Waals surface area contributed by atoms with Gasteiger partial charge in [0.1, 0.15) is 23.0 Å². The van der Waals surface area contributed by atoms with Crippen LogP contribution in [0.3, 0.4) is 0 Å². The predicted octanol–water partition coefficient (Wildman–Crippen LogP) is 14.3. The van der Waals surface area contributed by atoms with Crippen molar-refractivity contribution >= 4 is 0 Å². The zero-order valence-electron chi connectivity index (χ0n) is 35.5. The molecule has 0 aliphatic heterocycles. The molecule has 57 heavy (non-hydrogen) atoms. The summed E-state index contributed by atoms with van der Waals surface area (Å²) in [5.41, 5.74) is 9.88. The van der Waals surface area contributed by atoms with E-state index in [9.17, 15) is 0 Å². The van der Waals surface area contributed by atoms with Crippen molar-refractivity contribution in [3.05, 3.63) is 190 Å². The molecule has 3 heteroatoms. The van der Waals surface area contributed by atoms with Crippen LogP contribution in [0.2, 0.25) is 0 Å². The highest BCUT2D eigenvalue weighted by atomic mass is 16.5. The fourth-order valence-corrected chi connectivity index (χ4v) is 8.33. The van der Waals surface area contributed by atoms with Gasteiger partial charge in [0.05, 0.1) is 12.2 Å². The Morgan fingerprint density at radius 1 is 0.439 bits per heavy atom. The molecule has 6 rings (SSSR count). The molecule has 0 saturated heterocycles. The van der Waals surface area contributed by atoms with Crippen LogP contribution in [0.15, 0.2) is 146 Å². The molecule has 4 unspecified atom stereocenters. The van der Waals surface area contributed by atoms with Gasteiger partial charge < -0.3 is 14.2 Å². The molecule has 6 aromatic carbocycles. The zero-order valence-corrected chi connectivity index (χ0v) is 35.5. The van der Waals surface area contributed by atoms with Crippen LogP contribution in [0.25, 0.3) is 0 Å². The highest BCUT2D eigenvalue weighted by molar-refractivity contribution is 5.41. The third kappa shape index (κ3) is 9.89. The average molecular weight is 759 g/mol. The SMILES string of the molecule is CCc1ccc(C(C)(CC)C(Cc2cccc(Oc3ccccc3)c2)OC(Cc2cccc(Oc3ccccc3)c2)C(C)(CC)c2ccc(CC)c(C)c2)cc1C. The lowest BCUT2D eigenvalue weighted by Crippen LogP contribution is -2.48. The van der Waals surface area contributed by atoms with Crippen molar-refractivity contribution in [2.45, 2.75) is 117 Å². The fourth-order valence-electron chi connectivity index (χ4n) is 8.33. The summed E-state index contributed by atoms with van der Waals surface area (Å²) in [6.07, 6.45) is 5.02. The number of para-hydroxylation sites is 2. The van der Waals surface area contributed by atoms with Crippen LogP contribution in [-0.2, 0) is 41.3 Å². The number of rotatable bonds is 18. The highest BCUT2D eigenvalue weighted by Gasteiger charge is 2.43. The van der Waals surface area contributed by atoms with Gasteiger partial charge in [0.25, 0.3) is 0 Å². The summed E-state index contributed by atoms with van der Waals surface area (Å²) in [6.45, 7) is 18.4.